The van der Waals surface area contributed by atoms with Gasteiger partial charge < -0.3 is 4.90 Å². The van der Waals surface area contributed by atoms with Gasteiger partial charge in [0.2, 0.25) is 15.9 Å². The van der Waals surface area contributed by atoms with Crippen molar-refractivity contribution in [1.29, 1.82) is 0 Å². The molecule has 0 aliphatic carbocycles. The van der Waals surface area contributed by atoms with E-state index in [-0.39, 0.29) is 17.6 Å². The molecule has 0 aromatic heterocycles. The molecule has 0 spiro atoms. The second kappa shape index (κ2) is 7.90. The molecule has 0 saturated carbocycles. The molecule has 2 aromatic rings. The largest absolute Gasteiger partial charge is 0.312 e. The molecule has 0 fully saturated rings. The summed E-state index contributed by atoms with van der Waals surface area (Å²) >= 11 is 5.84. The fraction of sp³-hybridized carbons (Fsp3) is 0.350. The number of aryl methyl sites for hydroxylation is 1. The van der Waals surface area contributed by atoms with Crippen LogP contribution in [0, 0.1) is 5.92 Å². The van der Waals surface area contributed by atoms with Crippen LogP contribution >= 0.6 is 11.6 Å². The van der Waals surface area contributed by atoms with Crippen molar-refractivity contribution >= 4 is 38.9 Å². The number of nitrogens with one attached hydrogen (secondary N) is 1. The molecule has 0 bridgehead atoms. The highest BCUT2D eigenvalue weighted by Gasteiger charge is 2.25. The van der Waals surface area contributed by atoms with Gasteiger partial charge in [-0.05, 0) is 48.2 Å². The summed E-state index contributed by atoms with van der Waals surface area (Å²) < 4.78 is 27.7. The first-order chi connectivity index (χ1) is 12.7. The Morgan fingerprint density at radius 1 is 1.19 bits per heavy atom. The Bertz CT molecular complexity index is 940. The van der Waals surface area contributed by atoms with Crippen LogP contribution in [-0.2, 0) is 27.0 Å². The van der Waals surface area contributed by atoms with Gasteiger partial charge in [0.1, 0.15) is 0 Å². The van der Waals surface area contributed by atoms with Crippen LogP contribution in [0.25, 0.3) is 0 Å². The average Bonchev–Trinajstić information content (AvgIpc) is 2.62. The third kappa shape index (κ3) is 4.82. The SMILES string of the molecule is CC(C)C(=O)N1CCCc2ccc(NS(=O)(=O)Cc3ccc(Cl)cc3)cc21. The molecule has 1 amide bonds. The fourth-order valence-corrected chi connectivity index (χ4v) is 4.51. The number of carbonyl (C=O) groups excluding carboxylic acids is 1. The van der Waals surface area contributed by atoms with Crippen molar-refractivity contribution in [2.24, 2.45) is 5.92 Å². The lowest BCUT2D eigenvalue weighted by molar-refractivity contribution is -0.121. The second-order valence-corrected chi connectivity index (χ2v) is 9.24. The van der Waals surface area contributed by atoms with E-state index in [1.54, 1.807) is 41.3 Å². The number of halogens is 1. The van der Waals surface area contributed by atoms with Crippen molar-refractivity contribution < 1.29 is 13.2 Å². The van der Waals surface area contributed by atoms with Crippen molar-refractivity contribution in [1.82, 2.24) is 0 Å². The maximum atomic E-state index is 12.5. The van der Waals surface area contributed by atoms with E-state index in [1.165, 1.54) is 0 Å². The van der Waals surface area contributed by atoms with Crippen LogP contribution in [0.2, 0.25) is 5.02 Å². The first-order valence-electron chi connectivity index (χ1n) is 8.94. The van der Waals surface area contributed by atoms with Crippen LogP contribution in [0.5, 0.6) is 0 Å². The van der Waals surface area contributed by atoms with Gasteiger partial charge in [0.25, 0.3) is 0 Å². The van der Waals surface area contributed by atoms with E-state index in [1.807, 2.05) is 19.9 Å². The summed E-state index contributed by atoms with van der Waals surface area (Å²) in [5.74, 6) is -0.200. The van der Waals surface area contributed by atoms with Crippen LogP contribution in [0.3, 0.4) is 0 Å². The molecule has 1 heterocycles. The molecule has 7 heteroatoms. The Hall–Kier alpha value is -2.05. The number of rotatable bonds is 5. The van der Waals surface area contributed by atoms with Gasteiger partial charge in [0, 0.05) is 23.2 Å². The van der Waals surface area contributed by atoms with Gasteiger partial charge in [-0.2, -0.15) is 0 Å². The van der Waals surface area contributed by atoms with Crippen molar-refractivity contribution in [2.75, 3.05) is 16.2 Å². The standard InChI is InChI=1S/C20H23ClN2O3S/c1-14(2)20(24)23-11-3-4-16-7-10-18(12-19(16)23)22-27(25,26)13-15-5-8-17(21)9-6-15/h5-10,12,14,22H,3-4,11,13H2,1-2H3. The molecule has 0 radical (unpaired) electrons. The number of hydrogen-bond donors (Lipinski definition) is 1. The van der Waals surface area contributed by atoms with Crippen LogP contribution in [0.4, 0.5) is 11.4 Å². The average molecular weight is 407 g/mol. The molecular formula is C20H23ClN2O3S. The van der Waals surface area contributed by atoms with Crippen molar-refractivity contribution in [3.05, 3.63) is 58.6 Å². The molecule has 3 rings (SSSR count). The van der Waals surface area contributed by atoms with E-state index < -0.39 is 10.0 Å². The lowest BCUT2D eigenvalue weighted by Crippen LogP contribution is -2.38. The molecule has 0 atom stereocenters. The van der Waals surface area contributed by atoms with Crippen molar-refractivity contribution in [3.8, 4) is 0 Å². The molecular weight excluding hydrogens is 384 g/mol. The number of amides is 1. The zero-order valence-corrected chi connectivity index (χ0v) is 17.0. The first-order valence-corrected chi connectivity index (χ1v) is 11.0. The predicted octanol–water partition coefficient (Wildman–Crippen LogP) is 4.22. The van der Waals surface area contributed by atoms with Gasteiger partial charge in [0.15, 0.2) is 0 Å². The molecule has 144 valence electrons. The minimum atomic E-state index is -3.58. The fourth-order valence-electron chi connectivity index (χ4n) is 3.19. The Morgan fingerprint density at radius 3 is 2.56 bits per heavy atom. The number of carbonyl (C=O) groups is 1. The summed E-state index contributed by atoms with van der Waals surface area (Å²) in [5, 5.41) is 0.564. The Morgan fingerprint density at radius 2 is 1.89 bits per heavy atom. The summed E-state index contributed by atoms with van der Waals surface area (Å²) in [6.45, 7) is 4.40. The number of anilines is 2. The van der Waals surface area contributed by atoms with Crippen LogP contribution < -0.4 is 9.62 Å². The third-order valence-electron chi connectivity index (χ3n) is 4.51. The number of fused-ring (bicyclic) bond motifs is 1. The highest BCUT2D eigenvalue weighted by atomic mass is 35.5. The monoisotopic (exact) mass is 406 g/mol. The van der Waals surface area contributed by atoms with Crippen LogP contribution in [0.15, 0.2) is 42.5 Å². The topological polar surface area (TPSA) is 66.5 Å². The Labute approximate surface area is 165 Å². The predicted molar refractivity (Wildman–Crippen MR) is 110 cm³/mol. The van der Waals surface area contributed by atoms with E-state index >= 15 is 0 Å². The van der Waals surface area contributed by atoms with Crippen molar-refractivity contribution in [2.45, 2.75) is 32.4 Å². The lowest BCUT2D eigenvalue weighted by Gasteiger charge is -2.31. The number of hydrogen-bond acceptors (Lipinski definition) is 3. The van der Waals surface area contributed by atoms with Crippen LogP contribution in [0.1, 0.15) is 31.4 Å². The second-order valence-electron chi connectivity index (χ2n) is 7.08. The summed E-state index contributed by atoms with van der Waals surface area (Å²) in [4.78, 5) is 14.3. The maximum Gasteiger partial charge on any atom is 0.236 e. The lowest BCUT2D eigenvalue weighted by atomic mass is 9.99. The minimum Gasteiger partial charge on any atom is -0.312 e. The third-order valence-corrected chi connectivity index (χ3v) is 6.02. The quantitative estimate of drug-likeness (QED) is 0.808. The minimum absolute atomic E-state index is 0.0529. The molecule has 1 N–H and O–H groups in total. The summed E-state index contributed by atoms with van der Waals surface area (Å²) in [6, 6.07) is 12.1. The Balaban J connectivity index is 1.82. The van der Waals surface area contributed by atoms with Gasteiger partial charge in [-0.25, -0.2) is 8.42 Å². The van der Waals surface area contributed by atoms with Gasteiger partial charge in [-0.1, -0.05) is 43.6 Å². The maximum absolute atomic E-state index is 12.5. The normalized spacial score (nSPS) is 14.1. The molecule has 0 unspecified atom stereocenters. The molecule has 0 saturated heterocycles. The smallest absolute Gasteiger partial charge is 0.236 e. The van der Waals surface area contributed by atoms with Gasteiger partial charge >= 0.3 is 0 Å². The zero-order valence-electron chi connectivity index (χ0n) is 15.4. The Kier molecular flexibility index (Phi) is 5.77. The number of nitrogens with zero attached hydrogens (tertiary/aromatic N) is 1. The summed E-state index contributed by atoms with van der Waals surface area (Å²) in [5.41, 5.74) is 2.98. The molecule has 1 aliphatic heterocycles. The van der Waals surface area contributed by atoms with Crippen molar-refractivity contribution in [3.63, 3.8) is 0 Å². The molecule has 1 aliphatic rings. The number of sulfonamides is 1. The van der Waals surface area contributed by atoms with Gasteiger partial charge in [-0.15, -0.1) is 0 Å². The van der Waals surface area contributed by atoms with E-state index in [9.17, 15) is 13.2 Å². The summed E-state index contributed by atoms with van der Waals surface area (Å²) in [6.07, 6.45) is 1.79. The zero-order chi connectivity index (χ0) is 19.6. The van der Waals surface area contributed by atoms with E-state index in [4.69, 9.17) is 11.6 Å². The summed E-state index contributed by atoms with van der Waals surface area (Å²) in [7, 11) is -3.58. The molecule has 5 nitrogen and oxygen atoms in total. The van der Waals surface area contributed by atoms with Gasteiger partial charge in [0.05, 0.1) is 11.4 Å². The number of benzene rings is 2. The molecule has 27 heavy (non-hydrogen) atoms. The van der Waals surface area contributed by atoms with E-state index in [2.05, 4.69) is 4.72 Å². The highest BCUT2D eigenvalue weighted by molar-refractivity contribution is 7.91. The van der Waals surface area contributed by atoms with Crippen LogP contribution in [-0.4, -0.2) is 20.9 Å². The van der Waals surface area contributed by atoms with Gasteiger partial charge in [-0.3, -0.25) is 9.52 Å². The van der Waals surface area contributed by atoms with E-state index in [0.717, 1.165) is 24.1 Å². The molecule has 2 aromatic carbocycles. The highest BCUT2D eigenvalue weighted by Crippen LogP contribution is 2.31. The van der Waals surface area contributed by atoms with E-state index in [0.29, 0.717) is 22.8 Å². The first kappa shape index (κ1) is 19.7.